The third kappa shape index (κ3) is 4.48. The smallest absolute Gasteiger partial charge is 0.372 e. The molecule has 228 valence electrons. The van der Waals surface area contributed by atoms with Gasteiger partial charge in [0.15, 0.2) is 12.4 Å². The van der Waals surface area contributed by atoms with Crippen LogP contribution in [0, 0.1) is 56.7 Å². The maximum Gasteiger partial charge on any atom is 0.372 e. The quantitative estimate of drug-likeness (QED) is 0.264. The van der Waals surface area contributed by atoms with Crippen LogP contribution in [-0.4, -0.2) is 12.1 Å². The van der Waals surface area contributed by atoms with Crippen LogP contribution < -0.4 is 17.0 Å². The molecule has 10 atom stereocenters. The topological polar surface area (TPSA) is 30.2 Å². The van der Waals surface area contributed by atoms with E-state index < -0.39 is 0 Å². The fraction of sp³-hybridized carbons (Fsp3) is 0.784. The predicted molar refractivity (Wildman–Crippen MR) is 161 cm³/mol. The Bertz CT molecular complexity index is 1160. The van der Waals surface area contributed by atoms with Crippen molar-refractivity contribution in [3.8, 4) is 0 Å². The number of pyridine rings is 1. The summed E-state index contributed by atoms with van der Waals surface area (Å²) in [4.78, 5) is 13.0. The van der Waals surface area contributed by atoms with Gasteiger partial charge in [0.05, 0.1) is 0 Å². The molecule has 3 nitrogen and oxygen atoms in total. The van der Waals surface area contributed by atoms with Gasteiger partial charge in [0.25, 0.3) is 0 Å². The zero-order chi connectivity index (χ0) is 28.7. The van der Waals surface area contributed by atoms with E-state index in [1.807, 2.05) is 35.2 Å². The number of esters is 1. The molecular formula is C37H56ClNO2. The first-order valence-corrected chi connectivity index (χ1v) is 16.6. The predicted octanol–water partition coefficient (Wildman–Crippen LogP) is 5.57. The minimum Gasteiger partial charge on any atom is -1.00 e. The van der Waals surface area contributed by atoms with Gasteiger partial charge in [-0.25, -0.2) is 4.79 Å². The molecule has 5 aliphatic rings. The number of allylic oxidation sites excluding steroid dienone is 1. The van der Waals surface area contributed by atoms with Crippen molar-refractivity contribution in [3.63, 3.8) is 0 Å². The van der Waals surface area contributed by atoms with E-state index in [2.05, 4.69) is 55.0 Å². The maximum atomic E-state index is 13.0. The van der Waals surface area contributed by atoms with Gasteiger partial charge in [0.1, 0.15) is 6.10 Å². The molecule has 41 heavy (non-hydrogen) atoms. The number of hydrogen-bond donors (Lipinski definition) is 0. The van der Waals surface area contributed by atoms with Gasteiger partial charge in [-0.05, 0) is 122 Å². The van der Waals surface area contributed by atoms with Crippen LogP contribution in [0.5, 0.6) is 0 Å². The SMILES string of the molecule is C=C(C)[C@@H]1CC[C@]2(C)CC[C@]3(C)[C@H](CCC4[C@@]5(C)CC[C@H](OC(=O)C[n+]6ccccc6)C(C)(C)[C@@H]5CC[C@]43C)[C@@H]12.[Cl-]. The summed E-state index contributed by atoms with van der Waals surface area (Å²) < 4.78 is 8.22. The maximum absolute atomic E-state index is 13.0. The lowest BCUT2D eigenvalue weighted by atomic mass is 9.32. The van der Waals surface area contributed by atoms with E-state index in [9.17, 15) is 4.79 Å². The molecule has 4 heteroatoms. The van der Waals surface area contributed by atoms with Crippen LogP contribution in [0.4, 0.5) is 0 Å². The first kappa shape index (κ1) is 31.1. The van der Waals surface area contributed by atoms with Crippen LogP contribution >= 0.6 is 0 Å². The third-order valence-corrected chi connectivity index (χ3v) is 14.8. The Morgan fingerprint density at radius 3 is 2.22 bits per heavy atom. The summed E-state index contributed by atoms with van der Waals surface area (Å²) in [5, 5.41) is 0. The molecule has 5 saturated carbocycles. The molecule has 5 aliphatic carbocycles. The molecule has 0 N–H and O–H groups in total. The normalized spacial score (nSPS) is 46.1. The van der Waals surface area contributed by atoms with Gasteiger partial charge >= 0.3 is 5.97 Å². The molecule has 1 aromatic rings. The Kier molecular flexibility index (Phi) is 7.87. The number of carbonyl (C=O) groups is 1. The zero-order valence-corrected chi connectivity index (χ0v) is 27.7. The van der Waals surface area contributed by atoms with Crippen molar-refractivity contribution in [2.45, 2.75) is 125 Å². The third-order valence-electron chi connectivity index (χ3n) is 14.8. The van der Waals surface area contributed by atoms with Crippen LogP contribution in [0.15, 0.2) is 42.7 Å². The average Bonchev–Trinajstić information content (AvgIpc) is 3.25. The van der Waals surface area contributed by atoms with Crippen LogP contribution in [0.3, 0.4) is 0 Å². The molecular weight excluding hydrogens is 526 g/mol. The van der Waals surface area contributed by atoms with Gasteiger partial charge in [0, 0.05) is 17.5 Å². The second-order valence-corrected chi connectivity index (χ2v) is 16.7. The zero-order valence-electron chi connectivity index (χ0n) is 27.0. The summed E-state index contributed by atoms with van der Waals surface area (Å²) in [6.45, 7) is 22.7. The number of fused-ring (bicyclic) bond motifs is 7. The van der Waals surface area contributed by atoms with Crippen LogP contribution in [0.1, 0.15) is 113 Å². The Balaban J connectivity index is 0.00000337. The lowest BCUT2D eigenvalue weighted by Gasteiger charge is -2.73. The molecule has 0 spiro atoms. The number of halogens is 1. The molecule has 0 amide bonds. The lowest BCUT2D eigenvalue weighted by Crippen LogP contribution is -3.00. The van der Waals surface area contributed by atoms with E-state index in [-0.39, 0.29) is 29.9 Å². The van der Waals surface area contributed by atoms with Crippen molar-refractivity contribution in [3.05, 3.63) is 42.7 Å². The van der Waals surface area contributed by atoms with Crippen LogP contribution in [0.25, 0.3) is 0 Å². The van der Waals surface area contributed by atoms with Crippen molar-refractivity contribution in [2.75, 3.05) is 0 Å². The van der Waals surface area contributed by atoms with Gasteiger partial charge in [-0.3, -0.25) is 0 Å². The van der Waals surface area contributed by atoms with Crippen LogP contribution in [0.2, 0.25) is 0 Å². The molecule has 1 aromatic heterocycles. The number of aromatic nitrogens is 1. The van der Waals surface area contributed by atoms with E-state index in [0.29, 0.717) is 34.1 Å². The Hall–Kier alpha value is -1.35. The second-order valence-electron chi connectivity index (χ2n) is 16.7. The summed E-state index contributed by atoms with van der Waals surface area (Å²) in [7, 11) is 0. The van der Waals surface area contributed by atoms with Crippen molar-refractivity contribution < 1.29 is 26.5 Å². The highest BCUT2D eigenvalue weighted by Gasteiger charge is 2.70. The van der Waals surface area contributed by atoms with Gasteiger partial charge < -0.3 is 17.1 Å². The second kappa shape index (κ2) is 10.4. The minimum atomic E-state index is -0.0968. The lowest BCUT2D eigenvalue weighted by molar-refractivity contribution is -0.686. The summed E-state index contributed by atoms with van der Waals surface area (Å²) in [5.41, 5.74) is 3.05. The first-order valence-electron chi connectivity index (χ1n) is 16.6. The Morgan fingerprint density at radius 2 is 1.54 bits per heavy atom. The molecule has 0 bridgehead atoms. The average molecular weight is 582 g/mol. The fourth-order valence-corrected chi connectivity index (χ4v) is 12.6. The standard InChI is InChI=1S/C37H56NO2.ClH/c1-25(2)26-14-17-34(5)20-21-36(7)27(32(26)34)12-13-29-35(6)18-16-30(33(3,4)28(35)15-19-37(29,36)8)40-31(39)24-38-22-10-9-11-23-38;/h9-11,22-23,26-30,32H,1,12-21,24H2,2-8H3;1H/q+1;/p-1/t26-,27+,28-,29?,30-,32+,34+,35-,36+,37+;/m0./s1. The first-order chi connectivity index (χ1) is 18.8. The highest BCUT2D eigenvalue weighted by atomic mass is 35.5. The van der Waals surface area contributed by atoms with Crippen molar-refractivity contribution in [1.29, 1.82) is 0 Å². The number of rotatable bonds is 4. The number of hydrogen-bond acceptors (Lipinski definition) is 2. The van der Waals surface area contributed by atoms with Crippen LogP contribution in [-0.2, 0) is 16.1 Å². The van der Waals surface area contributed by atoms with Gasteiger partial charge in [-0.1, -0.05) is 59.8 Å². The highest BCUT2D eigenvalue weighted by molar-refractivity contribution is 5.68. The van der Waals surface area contributed by atoms with E-state index in [0.717, 1.165) is 30.1 Å². The molecule has 0 radical (unpaired) electrons. The summed E-state index contributed by atoms with van der Waals surface area (Å²) in [5.74, 6) is 3.63. The minimum absolute atomic E-state index is 0. The molecule has 0 aliphatic heterocycles. The largest absolute Gasteiger partial charge is 1.00 e. The van der Waals surface area contributed by atoms with Gasteiger partial charge in [-0.2, -0.15) is 4.57 Å². The van der Waals surface area contributed by atoms with Crippen molar-refractivity contribution in [1.82, 2.24) is 0 Å². The summed E-state index contributed by atoms with van der Waals surface area (Å²) in [6.07, 6.45) is 17.0. The van der Waals surface area contributed by atoms with E-state index >= 15 is 0 Å². The van der Waals surface area contributed by atoms with E-state index in [4.69, 9.17) is 4.74 Å². The number of nitrogens with zero attached hydrogens (tertiary/aromatic N) is 1. The molecule has 1 unspecified atom stereocenters. The van der Waals surface area contributed by atoms with E-state index in [1.165, 1.54) is 63.4 Å². The number of carbonyl (C=O) groups excluding carboxylic acids is 1. The fourth-order valence-electron chi connectivity index (χ4n) is 12.6. The summed E-state index contributed by atoms with van der Waals surface area (Å²) in [6, 6.07) is 5.92. The van der Waals surface area contributed by atoms with Gasteiger partial charge in [0.2, 0.25) is 6.54 Å². The Morgan fingerprint density at radius 1 is 0.829 bits per heavy atom. The monoisotopic (exact) mass is 581 g/mol. The van der Waals surface area contributed by atoms with Gasteiger partial charge in [-0.15, -0.1) is 0 Å². The van der Waals surface area contributed by atoms with Crippen molar-refractivity contribution >= 4 is 5.97 Å². The molecule has 1 heterocycles. The Labute approximate surface area is 256 Å². The molecule has 6 rings (SSSR count). The molecule has 0 saturated heterocycles. The molecule has 5 fully saturated rings. The van der Waals surface area contributed by atoms with E-state index in [1.54, 1.807) is 0 Å². The number of ether oxygens (including phenoxy) is 1. The molecule has 0 aromatic carbocycles. The summed E-state index contributed by atoms with van der Waals surface area (Å²) >= 11 is 0. The highest BCUT2D eigenvalue weighted by Crippen LogP contribution is 2.77. The van der Waals surface area contributed by atoms with Crippen molar-refractivity contribution in [2.24, 2.45) is 56.7 Å².